The number of amides is 1. The van der Waals surface area contributed by atoms with Crippen LogP contribution in [0.3, 0.4) is 0 Å². The van der Waals surface area contributed by atoms with Gasteiger partial charge in [-0.25, -0.2) is 0 Å². The van der Waals surface area contributed by atoms with Gasteiger partial charge in [0.05, 0.1) is 0 Å². The van der Waals surface area contributed by atoms with Crippen molar-refractivity contribution < 1.29 is 4.79 Å². The Morgan fingerprint density at radius 3 is 2.64 bits per heavy atom. The zero-order chi connectivity index (χ0) is 9.59. The minimum absolute atomic E-state index is 0. The maximum atomic E-state index is 11.3. The Bertz CT molecular complexity index is 390. The van der Waals surface area contributed by atoms with Crippen molar-refractivity contribution in [2.75, 3.05) is 5.32 Å². The molecule has 0 saturated heterocycles. The van der Waals surface area contributed by atoms with Gasteiger partial charge in [-0.1, -0.05) is 6.07 Å². The molecule has 3 nitrogen and oxygen atoms in total. The van der Waals surface area contributed by atoms with E-state index in [4.69, 9.17) is 5.73 Å². The summed E-state index contributed by atoms with van der Waals surface area (Å²) in [4.78, 5) is 11.3. The van der Waals surface area contributed by atoms with E-state index in [9.17, 15) is 4.79 Å². The highest BCUT2D eigenvalue weighted by molar-refractivity contribution is 6.03. The third-order valence-corrected chi connectivity index (χ3v) is 2.38. The lowest BCUT2D eigenvalue weighted by Gasteiger charge is -2.06. The predicted molar refractivity (Wildman–Crippen MR) is 58.7 cm³/mol. The standard InChI is InChI=1S/C10H12N2O.ClH/c1-5-3-6(2)8-7(4-5)12-10(13)9(8)11;/h3-4,9H,11H2,1-2H3,(H,12,13);1H. The van der Waals surface area contributed by atoms with E-state index in [1.807, 2.05) is 26.0 Å². The SMILES string of the molecule is Cc1cc(C)c2c(c1)NC(=O)C2N.Cl. The number of hydrogen-bond donors (Lipinski definition) is 2. The topological polar surface area (TPSA) is 55.1 Å². The van der Waals surface area contributed by atoms with E-state index in [-0.39, 0.29) is 18.3 Å². The number of nitrogens with two attached hydrogens (primary N) is 1. The summed E-state index contributed by atoms with van der Waals surface area (Å²) in [5.41, 5.74) is 9.77. The summed E-state index contributed by atoms with van der Waals surface area (Å²) in [6, 6.07) is 3.50. The highest BCUT2D eigenvalue weighted by atomic mass is 35.5. The third-order valence-electron chi connectivity index (χ3n) is 2.38. The average molecular weight is 213 g/mol. The van der Waals surface area contributed by atoms with Gasteiger partial charge in [0, 0.05) is 11.3 Å². The first kappa shape index (κ1) is 11.0. The van der Waals surface area contributed by atoms with E-state index >= 15 is 0 Å². The molecule has 0 spiro atoms. The first-order valence-corrected chi connectivity index (χ1v) is 4.27. The van der Waals surface area contributed by atoms with Crippen LogP contribution >= 0.6 is 12.4 Å². The molecular formula is C10H13ClN2O. The lowest BCUT2D eigenvalue weighted by Crippen LogP contribution is -2.20. The maximum Gasteiger partial charge on any atom is 0.245 e. The molecule has 0 radical (unpaired) electrons. The monoisotopic (exact) mass is 212 g/mol. The number of hydrogen-bond acceptors (Lipinski definition) is 2. The van der Waals surface area contributed by atoms with Gasteiger partial charge in [-0.3, -0.25) is 4.79 Å². The van der Waals surface area contributed by atoms with Gasteiger partial charge in [0.1, 0.15) is 6.04 Å². The Morgan fingerprint density at radius 2 is 2.00 bits per heavy atom. The van der Waals surface area contributed by atoms with Gasteiger partial charge in [-0.05, 0) is 31.0 Å². The van der Waals surface area contributed by atoms with Crippen molar-refractivity contribution in [3.8, 4) is 0 Å². The fourth-order valence-corrected chi connectivity index (χ4v) is 1.84. The zero-order valence-corrected chi connectivity index (χ0v) is 8.94. The molecule has 76 valence electrons. The number of carbonyl (C=O) groups is 1. The van der Waals surface area contributed by atoms with Gasteiger partial charge in [0.15, 0.2) is 0 Å². The van der Waals surface area contributed by atoms with Crippen LogP contribution in [0.2, 0.25) is 0 Å². The van der Waals surface area contributed by atoms with E-state index in [1.54, 1.807) is 0 Å². The summed E-state index contributed by atoms with van der Waals surface area (Å²) < 4.78 is 0. The first-order chi connectivity index (χ1) is 6.09. The van der Waals surface area contributed by atoms with Crippen molar-refractivity contribution in [3.05, 3.63) is 28.8 Å². The molecule has 14 heavy (non-hydrogen) atoms. The van der Waals surface area contributed by atoms with Crippen molar-refractivity contribution in [1.29, 1.82) is 0 Å². The van der Waals surface area contributed by atoms with E-state index < -0.39 is 6.04 Å². The van der Waals surface area contributed by atoms with Crippen molar-refractivity contribution in [3.63, 3.8) is 0 Å². The molecule has 0 aromatic heterocycles. The number of aryl methyl sites for hydroxylation is 2. The second kappa shape index (κ2) is 3.59. The summed E-state index contributed by atoms with van der Waals surface area (Å²) in [6.07, 6.45) is 0. The van der Waals surface area contributed by atoms with Crippen LogP contribution in [0.5, 0.6) is 0 Å². The van der Waals surface area contributed by atoms with Crippen molar-refractivity contribution in [1.82, 2.24) is 0 Å². The quantitative estimate of drug-likeness (QED) is 0.688. The lowest BCUT2D eigenvalue weighted by molar-refractivity contribution is -0.116. The molecule has 0 fully saturated rings. The molecule has 0 saturated carbocycles. The molecular weight excluding hydrogens is 200 g/mol. The minimum Gasteiger partial charge on any atom is -0.324 e. The van der Waals surface area contributed by atoms with Crippen LogP contribution in [0, 0.1) is 13.8 Å². The normalized spacial score (nSPS) is 18.5. The van der Waals surface area contributed by atoms with Crippen LogP contribution < -0.4 is 11.1 Å². The first-order valence-electron chi connectivity index (χ1n) is 4.27. The smallest absolute Gasteiger partial charge is 0.245 e. The van der Waals surface area contributed by atoms with E-state index in [0.29, 0.717) is 0 Å². The lowest BCUT2D eigenvalue weighted by atomic mass is 10.0. The van der Waals surface area contributed by atoms with Crippen LogP contribution in [-0.4, -0.2) is 5.91 Å². The second-order valence-electron chi connectivity index (χ2n) is 3.51. The molecule has 4 heteroatoms. The van der Waals surface area contributed by atoms with Gasteiger partial charge in [0.25, 0.3) is 0 Å². The van der Waals surface area contributed by atoms with Crippen LogP contribution in [0.15, 0.2) is 12.1 Å². The largest absolute Gasteiger partial charge is 0.324 e. The molecule has 1 atom stereocenters. The number of benzene rings is 1. The van der Waals surface area contributed by atoms with Gasteiger partial charge < -0.3 is 11.1 Å². The Hall–Kier alpha value is -1.06. The number of carbonyl (C=O) groups excluding carboxylic acids is 1. The Morgan fingerprint density at radius 1 is 1.36 bits per heavy atom. The zero-order valence-electron chi connectivity index (χ0n) is 8.13. The van der Waals surface area contributed by atoms with Crippen LogP contribution in [0.4, 0.5) is 5.69 Å². The Balaban J connectivity index is 0.000000980. The number of nitrogens with one attached hydrogen (secondary N) is 1. The maximum absolute atomic E-state index is 11.3. The molecule has 3 N–H and O–H groups in total. The Kier molecular flexibility index (Phi) is 2.83. The van der Waals surface area contributed by atoms with E-state index in [2.05, 4.69) is 5.32 Å². The van der Waals surface area contributed by atoms with E-state index in [0.717, 1.165) is 22.4 Å². The van der Waals surface area contributed by atoms with E-state index in [1.165, 1.54) is 0 Å². The fourth-order valence-electron chi connectivity index (χ4n) is 1.84. The van der Waals surface area contributed by atoms with Crippen molar-refractivity contribution >= 4 is 24.0 Å². The molecule has 2 rings (SSSR count). The summed E-state index contributed by atoms with van der Waals surface area (Å²) in [5, 5.41) is 2.76. The number of fused-ring (bicyclic) bond motifs is 1. The molecule has 0 bridgehead atoms. The van der Waals surface area contributed by atoms with Crippen LogP contribution in [0.25, 0.3) is 0 Å². The number of halogens is 1. The molecule has 1 heterocycles. The van der Waals surface area contributed by atoms with Crippen molar-refractivity contribution in [2.45, 2.75) is 19.9 Å². The highest BCUT2D eigenvalue weighted by Gasteiger charge is 2.28. The minimum atomic E-state index is -0.490. The van der Waals surface area contributed by atoms with Gasteiger partial charge >= 0.3 is 0 Å². The summed E-state index contributed by atoms with van der Waals surface area (Å²) in [5.74, 6) is -0.108. The van der Waals surface area contributed by atoms with Gasteiger partial charge in [-0.2, -0.15) is 0 Å². The molecule has 1 unspecified atom stereocenters. The summed E-state index contributed by atoms with van der Waals surface area (Å²) >= 11 is 0. The number of anilines is 1. The summed E-state index contributed by atoms with van der Waals surface area (Å²) in [7, 11) is 0. The molecule has 0 aliphatic carbocycles. The third kappa shape index (κ3) is 1.49. The van der Waals surface area contributed by atoms with Gasteiger partial charge in [0.2, 0.25) is 5.91 Å². The summed E-state index contributed by atoms with van der Waals surface area (Å²) in [6.45, 7) is 3.98. The Labute approximate surface area is 89.1 Å². The second-order valence-corrected chi connectivity index (χ2v) is 3.51. The molecule has 1 aliphatic heterocycles. The predicted octanol–water partition coefficient (Wildman–Crippen LogP) is 1.68. The average Bonchev–Trinajstić information content (AvgIpc) is 2.27. The molecule has 1 aromatic carbocycles. The number of rotatable bonds is 0. The van der Waals surface area contributed by atoms with Crippen LogP contribution in [0.1, 0.15) is 22.7 Å². The highest BCUT2D eigenvalue weighted by Crippen LogP contribution is 2.32. The fraction of sp³-hybridized carbons (Fsp3) is 0.300. The van der Waals surface area contributed by atoms with Crippen LogP contribution in [-0.2, 0) is 4.79 Å². The molecule has 1 amide bonds. The van der Waals surface area contributed by atoms with Crippen molar-refractivity contribution in [2.24, 2.45) is 5.73 Å². The molecule has 1 aliphatic rings. The molecule has 1 aromatic rings. The van der Waals surface area contributed by atoms with Gasteiger partial charge in [-0.15, -0.1) is 12.4 Å².